The van der Waals surface area contributed by atoms with Crippen LogP contribution in [0.4, 0.5) is 0 Å². The number of fused-ring (bicyclic) bond motifs is 2. The molecule has 0 radical (unpaired) electrons. The van der Waals surface area contributed by atoms with E-state index in [1.165, 1.54) is 12.8 Å². The van der Waals surface area contributed by atoms with E-state index in [0.717, 1.165) is 17.7 Å². The molecule has 0 spiro atoms. The van der Waals surface area contributed by atoms with Crippen molar-refractivity contribution >= 4 is 17.3 Å². The van der Waals surface area contributed by atoms with Crippen molar-refractivity contribution in [1.29, 1.82) is 0 Å². The van der Waals surface area contributed by atoms with Gasteiger partial charge < -0.3 is 9.64 Å². The summed E-state index contributed by atoms with van der Waals surface area (Å²) < 4.78 is 5.75. The molecule has 0 aromatic carbocycles. The summed E-state index contributed by atoms with van der Waals surface area (Å²) in [6.07, 6.45) is 4.67. The predicted octanol–water partition coefficient (Wildman–Crippen LogP) is 3.02. The molecule has 1 aromatic heterocycles. The Bertz CT molecular complexity index is 431. The van der Waals surface area contributed by atoms with Crippen molar-refractivity contribution in [3.8, 4) is 0 Å². The maximum atomic E-state index is 12.2. The van der Waals surface area contributed by atoms with E-state index >= 15 is 0 Å². The quantitative estimate of drug-likeness (QED) is 0.797. The fourth-order valence-corrected chi connectivity index (χ4v) is 4.15. The van der Waals surface area contributed by atoms with Gasteiger partial charge in [0.2, 0.25) is 0 Å². The highest BCUT2D eigenvalue weighted by atomic mass is 32.1. The van der Waals surface area contributed by atoms with Crippen LogP contribution in [-0.2, 0) is 9.53 Å². The Morgan fingerprint density at radius 1 is 1.42 bits per heavy atom. The molecule has 3 rings (SSSR count). The third-order valence-corrected chi connectivity index (χ3v) is 5.72. The van der Waals surface area contributed by atoms with Gasteiger partial charge in [-0.05, 0) is 51.1 Å². The summed E-state index contributed by atoms with van der Waals surface area (Å²) in [6, 6.07) is 5.23. The highest BCUT2D eigenvalue weighted by Gasteiger charge is 2.40. The lowest BCUT2D eigenvalue weighted by molar-refractivity contribution is -0.153. The summed E-state index contributed by atoms with van der Waals surface area (Å²) in [5, 5.41) is 2.01. The average Bonchev–Trinajstić information content (AvgIpc) is 2.97. The molecule has 0 aliphatic carbocycles. The summed E-state index contributed by atoms with van der Waals surface area (Å²) >= 11 is 1.63. The van der Waals surface area contributed by atoms with E-state index in [-0.39, 0.29) is 18.0 Å². The van der Waals surface area contributed by atoms with Crippen molar-refractivity contribution < 1.29 is 9.53 Å². The van der Waals surface area contributed by atoms with Gasteiger partial charge in [0, 0.05) is 17.0 Å². The molecule has 4 heteroatoms. The third-order valence-electron chi connectivity index (χ3n) is 4.66. The summed E-state index contributed by atoms with van der Waals surface area (Å²) in [5.74, 6) is -0.186. The number of ether oxygens (including phenoxy) is 1. The molecule has 4 atom stereocenters. The van der Waals surface area contributed by atoms with E-state index in [1.807, 2.05) is 24.4 Å². The Labute approximate surface area is 118 Å². The van der Waals surface area contributed by atoms with E-state index in [0.29, 0.717) is 12.1 Å². The molecular weight excluding hydrogens is 258 g/mol. The van der Waals surface area contributed by atoms with Crippen LogP contribution in [0.15, 0.2) is 17.5 Å². The van der Waals surface area contributed by atoms with E-state index < -0.39 is 0 Å². The van der Waals surface area contributed by atoms with E-state index in [4.69, 9.17) is 4.74 Å². The molecule has 1 unspecified atom stereocenters. The van der Waals surface area contributed by atoms with Crippen LogP contribution in [0, 0.1) is 0 Å². The number of piperidine rings is 1. The highest BCUT2D eigenvalue weighted by molar-refractivity contribution is 7.10. The van der Waals surface area contributed by atoms with Gasteiger partial charge >= 0.3 is 5.97 Å². The minimum atomic E-state index is -0.127. The molecule has 2 bridgehead atoms. The number of esters is 1. The van der Waals surface area contributed by atoms with Crippen LogP contribution in [0.2, 0.25) is 0 Å². The van der Waals surface area contributed by atoms with Crippen LogP contribution in [-0.4, -0.2) is 36.1 Å². The van der Waals surface area contributed by atoms with Crippen molar-refractivity contribution in [2.24, 2.45) is 0 Å². The number of hydrogen-bond acceptors (Lipinski definition) is 4. The molecule has 1 aromatic rings. The number of carbonyl (C=O) groups excluding carboxylic acids is 1. The lowest BCUT2D eigenvalue weighted by atomic mass is 10.0. The number of rotatable bonds is 3. The fraction of sp³-hybridized carbons (Fsp3) is 0.667. The van der Waals surface area contributed by atoms with Gasteiger partial charge in [-0.25, -0.2) is 0 Å². The second kappa shape index (κ2) is 5.25. The second-order valence-corrected chi connectivity index (χ2v) is 6.80. The lowest BCUT2D eigenvalue weighted by Crippen LogP contribution is -2.43. The third kappa shape index (κ3) is 2.56. The molecule has 2 aliphatic heterocycles. The molecule has 19 heavy (non-hydrogen) atoms. The Hall–Kier alpha value is -0.870. The minimum Gasteiger partial charge on any atom is -0.462 e. The van der Waals surface area contributed by atoms with Gasteiger partial charge in [0.05, 0.1) is 5.92 Å². The van der Waals surface area contributed by atoms with Crippen molar-refractivity contribution in [2.75, 3.05) is 7.05 Å². The first-order chi connectivity index (χ1) is 9.15. The lowest BCUT2D eigenvalue weighted by Gasteiger charge is -2.36. The van der Waals surface area contributed by atoms with Gasteiger partial charge in [-0.2, -0.15) is 0 Å². The first-order valence-electron chi connectivity index (χ1n) is 7.11. The molecule has 2 aliphatic rings. The molecule has 0 amide bonds. The average molecular weight is 279 g/mol. The highest BCUT2D eigenvalue weighted by Crippen LogP contribution is 2.36. The molecule has 3 nitrogen and oxygen atoms in total. The monoisotopic (exact) mass is 279 g/mol. The van der Waals surface area contributed by atoms with Crippen molar-refractivity contribution in [3.05, 3.63) is 22.4 Å². The van der Waals surface area contributed by atoms with Crippen LogP contribution in [0.25, 0.3) is 0 Å². The zero-order chi connectivity index (χ0) is 13.4. The molecule has 3 heterocycles. The van der Waals surface area contributed by atoms with E-state index in [2.05, 4.69) is 11.9 Å². The maximum absolute atomic E-state index is 12.2. The Morgan fingerprint density at radius 3 is 2.68 bits per heavy atom. The van der Waals surface area contributed by atoms with Gasteiger partial charge in [-0.1, -0.05) is 6.07 Å². The predicted molar refractivity (Wildman–Crippen MR) is 76.4 cm³/mol. The van der Waals surface area contributed by atoms with Crippen LogP contribution in [0.3, 0.4) is 0 Å². The zero-order valence-electron chi connectivity index (χ0n) is 11.5. The van der Waals surface area contributed by atoms with Gasteiger partial charge in [0.1, 0.15) is 6.10 Å². The minimum absolute atomic E-state index is 0.0589. The van der Waals surface area contributed by atoms with Crippen LogP contribution < -0.4 is 0 Å². The van der Waals surface area contributed by atoms with Gasteiger partial charge in [0.15, 0.2) is 0 Å². The topological polar surface area (TPSA) is 29.5 Å². The largest absolute Gasteiger partial charge is 0.462 e. The van der Waals surface area contributed by atoms with Gasteiger partial charge in [-0.15, -0.1) is 11.3 Å². The van der Waals surface area contributed by atoms with Crippen molar-refractivity contribution in [1.82, 2.24) is 4.90 Å². The Kier molecular flexibility index (Phi) is 3.63. The first kappa shape index (κ1) is 13.1. The second-order valence-electron chi connectivity index (χ2n) is 5.82. The summed E-state index contributed by atoms with van der Waals surface area (Å²) in [4.78, 5) is 15.8. The number of hydrogen-bond donors (Lipinski definition) is 0. The van der Waals surface area contributed by atoms with Crippen molar-refractivity contribution in [2.45, 2.75) is 56.7 Å². The zero-order valence-corrected chi connectivity index (χ0v) is 12.4. The molecule has 2 fully saturated rings. The van der Waals surface area contributed by atoms with Crippen LogP contribution in [0.5, 0.6) is 0 Å². The number of thiophene rings is 1. The molecule has 104 valence electrons. The van der Waals surface area contributed by atoms with Crippen LogP contribution >= 0.6 is 11.3 Å². The van der Waals surface area contributed by atoms with Gasteiger partial charge in [-0.3, -0.25) is 4.79 Å². The molecule has 0 saturated carbocycles. The Morgan fingerprint density at radius 2 is 2.11 bits per heavy atom. The molecule has 2 saturated heterocycles. The SMILES string of the molecule is CC(C(=O)O[C@H]1C[C@H]2CC[C@@H](C1)N2C)c1cccs1. The van der Waals surface area contributed by atoms with Crippen LogP contribution in [0.1, 0.15) is 43.4 Å². The summed E-state index contributed by atoms with van der Waals surface area (Å²) in [7, 11) is 2.20. The molecule has 0 N–H and O–H groups in total. The number of carbonyl (C=O) groups is 1. The van der Waals surface area contributed by atoms with E-state index in [1.54, 1.807) is 11.3 Å². The summed E-state index contributed by atoms with van der Waals surface area (Å²) in [6.45, 7) is 1.94. The standard InChI is InChI=1S/C15H21NO2S/c1-10(14-4-3-7-19-14)15(17)18-13-8-11-5-6-12(9-13)16(11)2/h3-4,7,10-13H,5-6,8-9H2,1-2H3/t10?,11-,12+,13+. The van der Waals surface area contributed by atoms with E-state index in [9.17, 15) is 4.79 Å². The Balaban J connectivity index is 1.59. The smallest absolute Gasteiger partial charge is 0.314 e. The normalized spacial score (nSPS) is 32.2. The summed E-state index contributed by atoms with van der Waals surface area (Å²) in [5.41, 5.74) is 0. The van der Waals surface area contributed by atoms with Crippen molar-refractivity contribution in [3.63, 3.8) is 0 Å². The first-order valence-corrected chi connectivity index (χ1v) is 7.99. The molecular formula is C15H21NO2S. The number of nitrogens with zero attached hydrogens (tertiary/aromatic N) is 1. The fourth-order valence-electron chi connectivity index (χ4n) is 3.38. The van der Waals surface area contributed by atoms with Gasteiger partial charge in [0.25, 0.3) is 0 Å². The maximum Gasteiger partial charge on any atom is 0.314 e.